The minimum atomic E-state index is 0.0353. The van der Waals surface area contributed by atoms with Crippen molar-refractivity contribution in [1.82, 2.24) is 4.90 Å². The van der Waals surface area contributed by atoms with Crippen molar-refractivity contribution < 1.29 is 4.79 Å². The van der Waals surface area contributed by atoms with E-state index in [1.165, 1.54) is 11.1 Å². The molecule has 2 aromatic rings. The summed E-state index contributed by atoms with van der Waals surface area (Å²) in [6, 6.07) is 18.5. The molecular weight excluding hydrogens is 260 g/mol. The predicted octanol–water partition coefficient (Wildman–Crippen LogP) is 3.24. The van der Waals surface area contributed by atoms with Crippen LogP contribution in [0.5, 0.6) is 0 Å². The first-order valence-corrected chi connectivity index (χ1v) is 7.37. The molecule has 0 saturated heterocycles. The Bertz CT molecular complexity index is 624. The molecule has 0 heterocycles. The molecule has 1 aliphatic rings. The maximum Gasteiger partial charge on any atom is 0.238 e. The lowest BCUT2D eigenvalue weighted by Gasteiger charge is -2.24. The van der Waals surface area contributed by atoms with E-state index in [1.807, 2.05) is 37.4 Å². The third-order valence-corrected chi connectivity index (χ3v) is 4.08. The number of anilines is 1. The van der Waals surface area contributed by atoms with Crippen LogP contribution < -0.4 is 5.32 Å². The zero-order valence-corrected chi connectivity index (χ0v) is 12.3. The fraction of sp³-hybridized carbons (Fsp3) is 0.278. The summed E-state index contributed by atoms with van der Waals surface area (Å²) < 4.78 is 0. The first-order valence-electron chi connectivity index (χ1n) is 7.37. The van der Waals surface area contributed by atoms with Gasteiger partial charge >= 0.3 is 0 Å². The largest absolute Gasteiger partial charge is 0.325 e. The molecule has 0 aliphatic heterocycles. The minimum Gasteiger partial charge on any atom is -0.325 e. The van der Waals surface area contributed by atoms with E-state index < -0.39 is 0 Å². The van der Waals surface area contributed by atoms with Crippen LogP contribution in [0.25, 0.3) is 0 Å². The van der Waals surface area contributed by atoms with Crippen LogP contribution in [0.4, 0.5) is 5.69 Å². The van der Waals surface area contributed by atoms with E-state index in [0.717, 1.165) is 18.5 Å². The Morgan fingerprint density at radius 3 is 2.67 bits per heavy atom. The number of nitrogens with one attached hydrogen (secondary N) is 1. The highest BCUT2D eigenvalue weighted by molar-refractivity contribution is 5.92. The van der Waals surface area contributed by atoms with Crippen molar-refractivity contribution in [1.29, 1.82) is 0 Å². The monoisotopic (exact) mass is 280 g/mol. The molecule has 3 nitrogen and oxygen atoms in total. The van der Waals surface area contributed by atoms with Gasteiger partial charge in [0.05, 0.1) is 6.54 Å². The highest BCUT2D eigenvalue weighted by atomic mass is 16.2. The number of fused-ring (bicyclic) bond motifs is 1. The topological polar surface area (TPSA) is 32.3 Å². The van der Waals surface area contributed by atoms with Crippen molar-refractivity contribution in [3.05, 3.63) is 65.7 Å². The maximum atomic E-state index is 12.1. The van der Waals surface area contributed by atoms with Crippen LogP contribution in [0.15, 0.2) is 54.6 Å². The van der Waals surface area contributed by atoms with Gasteiger partial charge < -0.3 is 5.32 Å². The molecule has 0 aromatic heterocycles. The maximum absolute atomic E-state index is 12.1. The Balaban J connectivity index is 1.62. The summed E-state index contributed by atoms with van der Waals surface area (Å²) >= 11 is 0. The standard InChI is InChI=1S/C18H20N2O/c1-20(13-18(21)19-15-8-3-2-4-9-15)17-12-11-14-7-5-6-10-16(14)17/h2-10,17H,11-13H2,1H3,(H,19,21)/t17-/m0/s1. The number of benzene rings is 2. The molecule has 0 spiro atoms. The number of likely N-dealkylation sites (N-methyl/N-ethyl adjacent to an activating group) is 1. The van der Waals surface area contributed by atoms with Gasteiger partial charge in [0.15, 0.2) is 0 Å². The predicted molar refractivity (Wildman–Crippen MR) is 85.2 cm³/mol. The zero-order valence-electron chi connectivity index (χ0n) is 12.3. The van der Waals surface area contributed by atoms with Crippen molar-refractivity contribution in [2.24, 2.45) is 0 Å². The Morgan fingerprint density at radius 2 is 1.86 bits per heavy atom. The van der Waals surface area contributed by atoms with Gasteiger partial charge in [-0.15, -0.1) is 0 Å². The van der Waals surface area contributed by atoms with E-state index in [2.05, 4.69) is 34.5 Å². The highest BCUT2D eigenvalue weighted by Crippen LogP contribution is 2.34. The molecule has 0 radical (unpaired) electrons. The van der Waals surface area contributed by atoms with Gasteiger partial charge in [-0.05, 0) is 43.1 Å². The number of aryl methyl sites for hydroxylation is 1. The molecule has 1 N–H and O–H groups in total. The van der Waals surface area contributed by atoms with Gasteiger partial charge in [0.2, 0.25) is 5.91 Å². The third-order valence-electron chi connectivity index (χ3n) is 4.08. The summed E-state index contributed by atoms with van der Waals surface area (Å²) in [5, 5.41) is 2.94. The number of carbonyl (C=O) groups excluding carboxylic acids is 1. The fourth-order valence-electron chi connectivity index (χ4n) is 3.05. The first-order chi connectivity index (χ1) is 10.2. The molecule has 1 aliphatic carbocycles. The molecule has 0 bridgehead atoms. The van der Waals surface area contributed by atoms with Gasteiger partial charge in [-0.2, -0.15) is 0 Å². The molecule has 0 saturated carbocycles. The Morgan fingerprint density at radius 1 is 1.14 bits per heavy atom. The van der Waals surface area contributed by atoms with Gasteiger partial charge in [0, 0.05) is 11.7 Å². The second kappa shape index (κ2) is 6.10. The van der Waals surface area contributed by atoms with Crippen LogP contribution in [0, 0.1) is 0 Å². The Kier molecular flexibility index (Phi) is 4.02. The number of para-hydroxylation sites is 1. The lowest BCUT2D eigenvalue weighted by Crippen LogP contribution is -2.32. The number of rotatable bonds is 4. The van der Waals surface area contributed by atoms with Gasteiger partial charge in [-0.3, -0.25) is 9.69 Å². The lowest BCUT2D eigenvalue weighted by atomic mass is 10.1. The van der Waals surface area contributed by atoms with Crippen molar-refractivity contribution in [3.63, 3.8) is 0 Å². The van der Waals surface area contributed by atoms with Crippen LogP contribution in [-0.4, -0.2) is 24.4 Å². The van der Waals surface area contributed by atoms with Crippen LogP contribution in [-0.2, 0) is 11.2 Å². The molecule has 21 heavy (non-hydrogen) atoms. The molecule has 2 aromatic carbocycles. The van der Waals surface area contributed by atoms with E-state index in [0.29, 0.717) is 12.6 Å². The summed E-state index contributed by atoms with van der Waals surface area (Å²) in [5.41, 5.74) is 3.63. The molecular formula is C18H20N2O. The normalized spacial score (nSPS) is 16.8. The van der Waals surface area contributed by atoms with Crippen LogP contribution in [0.2, 0.25) is 0 Å². The van der Waals surface area contributed by atoms with Gasteiger partial charge in [-0.25, -0.2) is 0 Å². The molecule has 0 unspecified atom stereocenters. The Hall–Kier alpha value is -2.13. The average molecular weight is 280 g/mol. The van der Waals surface area contributed by atoms with Crippen LogP contribution >= 0.6 is 0 Å². The number of hydrogen-bond donors (Lipinski definition) is 1. The van der Waals surface area contributed by atoms with E-state index in [1.54, 1.807) is 0 Å². The lowest BCUT2D eigenvalue weighted by molar-refractivity contribution is -0.117. The first kappa shape index (κ1) is 13.8. The van der Waals surface area contributed by atoms with Crippen LogP contribution in [0.3, 0.4) is 0 Å². The fourth-order valence-corrected chi connectivity index (χ4v) is 3.05. The summed E-state index contributed by atoms with van der Waals surface area (Å²) in [6.45, 7) is 0.411. The second-order valence-corrected chi connectivity index (χ2v) is 5.58. The molecule has 3 heteroatoms. The highest BCUT2D eigenvalue weighted by Gasteiger charge is 2.26. The number of amides is 1. The molecule has 3 rings (SSSR count). The second-order valence-electron chi connectivity index (χ2n) is 5.58. The number of carbonyl (C=O) groups is 1. The summed E-state index contributed by atoms with van der Waals surface area (Å²) in [6.07, 6.45) is 2.19. The van der Waals surface area contributed by atoms with E-state index in [9.17, 15) is 4.79 Å². The van der Waals surface area contributed by atoms with Crippen molar-refractivity contribution in [3.8, 4) is 0 Å². The van der Waals surface area contributed by atoms with Crippen molar-refractivity contribution >= 4 is 11.6 Å². The summed E-state index contributed by atoms with van der Waals surface area (Å²) in [7, 11) is 2.03. The van der Waals surface area contributed by atoms with Crippen molar-refractivity contribution in [2.45, 2.75) is 18.9 Å². The van der Waals surface area contributed by atoms with Gasteiger partial charge in [-0.1, -0.05) is 42.5 Å². The SMILES string of the molecule is CN(CC(=O)Nc1ccccc1)[C@H]1CCc2ccccc21. The zero-order chi connectivity index (χ0) is 14.7. The van der Waals surface area contributed by atoms with Crippen molar-refractivity contribution in [2.75, 3.05) is 18.9 Å². The van der Waals surface area contributed by atoms with E-state index >= 15 is 0 Å². The smallest absolute Gasteiger partial charge is 0.238 e. The summed E-state index contributed by atoms with van der Waals surface area (Å²) in [5.74, 6) is 0.0353. The molecule has 1 atom stereocenters. The molecule has 0 fully saturated rings. The quantitative estimate of drug-likeness (QED) is 0.932. The average Bonchev–Trinajstić information content (AvgIpc) is 2.92. The van der Waals surface area contributed by atoms with E-state index in [-0.39, 0.29) is 5.91 Å². The van der Waals surface area contributed by atoms with E-state index in [4.69, 9.17) is 0 Å². The van der Waals surface area contributed by atoms with Gasteiger partial charge in [0.1, 0.15) is 0 Å². The number of hydrogen-bond acceptors (Lipinski definition) is 2. The third kappa shape index (κ3) is 3.14. The van der Waals surface area contributed by atoms with Gasteiger partial charge in [0.25, 0.3) is 0 Å². The van der Waals surface area contributed by atoms with Crippen LogP contribution in [0.1, 0.15) is 23.6 Å². The summed E-state index contributed by atoms with van der Waals surface area (Å²) in [4.78, 5) is 14.3. The number of nitrogens with zero attached hydrogens (tertiary/aromatic N) is 1. The Labute approximate surface area is 125 Å². The minimum absolute atomic E-state index is 0.0353. The molecule has 108 valence electrons. The molecule has 1 amide bonds.